The Kier molecular flexibility index (Phi) is 4.94. The Hall–Kier alpha value is -3.69. The third-order valence-corrected chi connectivity index (χ3v) is 7.02. The maximum atomic E-state index is 13.5. The maximum Gasteiger partial charge on any atom is 0.471 e. The third kappa shape index (κ3) is 3.86. The highest BCUT2D eigenvalue weighted by Crippen LogP contribution is 2.40. The van der Waals surface area contributed by atoms with Gasteiger partial charge in [0.05, 0.1) is 6.04 Å². The highest BCUT2D eigenvalue weighted by Gasteiger charge is 2.46. The summed E-state index contributed by atoms with van der Waals surface area (Å²) in [6, 6.07) is 14.5. The fraction of sp³-hybridized carbons (Fsp3) is 0.360. The Morgan fingerprint density at radius 2 is 1.83 bits per heavy atom. The largest absolute Gasteiger partial charge is 0.471 e. The maximum absolute atomic E-state index is 13.5. The van der Waals surface area contributed by atoms with Crippen molar-refractivity contribution >= 4 is 11.8 Å². The second-order valence-corrected chi connectivity index (χ2v) is 9.33. The lowest BCUT2D eigenvalue weighted by atomic mass is 9.93. The molecule has 7 nitrogen and oxygen atoms in total. The Balaban J connectivity index is 1.29. The molecular weight excluding hydrogens is 461 g/mol. The van der Waals surface area contributed by atoms with Gasteiger partial charge in [0.15, 0.2) is 0 Å². The number of alkyl halides is 3. The first kappa shape index (κ1) is 21.8. The molecule has 2 amide bonds. The minimum absolute atomic E-state index is 0.0248. The molecule has 0 N–H and O–H groups in total. The molecule has 2 unspecified atom stereocenters. The smallest absolute Gasteiger partial charge is 0.340 e. The molecule has 0 radical (unpaired) electrons. The van der Waals surface area contributed by atoms with E-state index >= 15 is 0 Å². The number of halogens is 3. The van der Waals surface area contributed by atoms with Crippen LogP contribution in [0.1, 0.15) is 46.1 Å². The molecule has 2 atom stereocenters. The number of carbonyl (C=O) groups is 2. The van der Waals surface area contributed by atoms with Crippen LogP contribution in [0.15, 0.2) is 53.1 Å². The van der Waals surface area contributed by atoms with Gasteiger partial charge in [-0.25, -0.2) is 0 Å². The molecule has 3 heterocycles. The highest BCUT2D eigenvalue weighted by molar-refractivity contribution is 5.99. The predicted octanol–water partition coefficient (Wildman–Crippen LogP) is 4.12. The zero-order valence-corrected chi connectivity index (χ0v) is 18.5. The van der Waals surface area contributed by atoms with Gasteiger partial charge in [0.25, 0.3) is 5.91 Å². The van der Waals surface area contributed by atoms with Gasteiger partial charge in [-0.15, -0.1) is 0 Å². The second-order valence-electron chi connectivity index (χ2n) is 9.33. The molecule has 1 saturated heterocycles. The summed E-state index contributed by atoms with van der Waals surface area (Å²) in [6.45, 7) is 1.38. The molecular formula is C25H21F3N4O3. The number of rotatable bonds is 4. The SMILES string of the molecule is O=C(C1CC1)N1CC(c2ccccc2)C(N2Cc3ccc(-c4noc(C(F)(F)F)n4)cc3C2=O)C1. The van der Waals surface area contributed by atoms with Crippen molar-refractivity contribution in [3.05, 3.63) is 71.1 Å². The molecule has 35 heavy (non-hydrogen) atoms. The molecule has 1 saturated carbocycles. The van der Waals surface area contributed by atoms with E-state index in [0.717, 1.165) is 24.0 Å². The van der Waals surface area contributed by atoms with Gasteiger partial charge in [-0.3, -0.25) is 9.59 Å². The van der Waals surface area contributed by atoms with Crippen molar-refractivity contribution in [2.75, 3.05) is 13.1 Å². The average molecular weight is 482 g/mol. The van der Waals surface area contributed by atoms with Crippen LogP contribution in [0.4, 0.5) is 13.2 Å². The van der Waals surface area contributed by atoms with Crippen molar-refractivity contribution in [3.63, 3.8) is 0 Å². The van der Waals surface area contributed by atoms with Gasteiger partial charge >= 0.3 is 12.1 Å². The molecule has 3 aromatic rings. The minimum atomic E-state index is -4.74. The number of aromatic nitrogens is 2. The van der Waals surface area contributed by atoms with Crippen LogP contribution < -0.4 is 0 Å². The molecule has 0 spiro atoms. The van der Waals surface area contributed by atoms with E-state index in [9.17, 15) is 22.8 Å². The molecule has 2 fully saturated rings. The van der Waals surface area contributed by atoms with Crippen LogP contribution in [-0.2, 0) is 17.5 Å². The average Bonchev–Trinajstić information content (AvgIpc) is 3.26. The summed E-state index contributed by atoms with van der Waals surface area (Å²) in [5, 5.41) is 3.43. The van der Waals surface area contributed by atoms with Crippen LogP contribution in [0, 0.1) is 5.92 Å². The molecule has 2 aliphatic heterocycles. The molecule has 1 aromatic heterocycles. The van der Waals surface area contributed by atoms with Crippen molar-refractivity contribution in [3.8, 4) is 11.4 Å². The fourth-order valence-electron chi connectivity index (χ4n) is 5.08. The molecule has 1 aliphatic carbocycles. The summed E-state index contributed by atoms with van der Waals surface area (Å²) in [4.78, 5) is 33.4. The van der Waals surface area contributed by atoms with Crippen molar-refractivity contribution in [2.24, 2.45) is 5.92 Å². The summed E-state index contributed by atoms with van der Waals surface area (Å²) in [6.07, 6.45) is -2.91. The van der Waals surface area contributed by atoms with Gasteiger partial charge in [-0.1, -0.05) is 47.6 Å². The number of benzene rings is 2. The van der Waals surface area contributed by atoms with Gasteiger partial charge in [0.1, 0.15) is 0 Å². The van der Waals surface area contributed by atoms with E-state index < -0.39 is 12.1 Å². The summed E-state index contributed by atoms with van der Waals surface area (Å²) < 4.78 is 42.9. The van der Waals surface area contributed by atoms with E-state index in [1.165, 1.54) is 6.07 Å². The van der Waals surface area contributed by atoms with Crippen LogP contribution in [0.3, 0.4) is 0 Å². The lowest BCUT2D eigenvalue weighted by molar-refractivity contribution is -0.159. The lowest BCUT2D eigenvalue weighted by Gasteiger charge is -2.28. The van der Waals surface area contributed by atoms with Gasteiger partial charge in [0.2, 0.25) is 11.7 Å². The van der Waals surface area contributed by atoms with Crippen molar-refractivity contribution in [1.29, 1.82) is 0 Å². The number of amides is 2. The molecule has 3 aliphatic rings. The minimum Gasteiger partial charge on any atom is -0.340 e. The van der Waals surface area contributed by atoms with E-state index in [1.807, 2.05) is 35.2 Å². The standard InChI is InChI=1S/C25H21F3N4O3/c26-25(27,28)24-29-21(30-35-24)16-8-9-17-11-32(23(34)18(17)10-16)20-13-31(22(33)15-6-7-15)12-19(20)14-4-2-1-3-5-14/h1-5,8-10,15,19-20H,6-7,11-13H2. The van der Waals surface area contributed by atoms with Gasteiger partial charge < -0.3 is 14.3 Å². The highest BCUT2D eigenvalue weighted by atomic mass is 19.4. The second kappa shape index (κ2) is 7.93. The molecule has 0 bridgehead atoms. The zero-order valence-electron chi connectivity index (χ0n) is 18.5. The van der Waals surface area contributed by atoms with Gasteiger partial charge in [-0.2, -0.15) is 18.2 Å². The Bertz CT molecular complexity index is 1300. The first-order chi connectivity index (χ1) is 16.8. The van der Waals surface area contributed by atoms with Crippen LogP contribution in [-0.4, -0.2) is 50.9 Å². The van der Waals surface area contributed by atoms with E-state index in [-0.39, 0.29) is 41.1 Å². The Morgan fingerprint density at radius 1 is 1.06 bits per heavy atom. The van der Waals surface area contributed by atoms with Crippen molar-refractivity contribution in [2.45, 2.75) is 37.5 Å². The van der Waals surface area contributed by atoms with E-state index in [1.54, 1.807) is 17.0 Å². The van der Waals surface area contributed by atoms with Gasteiger partial charge in [-0.05, 0) is 30.0 Å². The number of nitrogens with zero attached hydrogens (tertiary/aromatic N) is 4. The lowest BCUT2D eigenvalue weighted by Crippen LogP contribution is -2.41. The number of hydrogen-bond donors (Lipinski definition) is 0. The summed E-state index contributed by atoms with van der Waals surface area (Å²) >= 11 is 0. The molecule has 2 aromatic carbocycles. The van der Waals surface area contributed by atoms with Gasteiger partial charge in [0, 0.05) is 42.6 Å². The van der Waals surface area contributed by atoms with E-state index in [4.69, 9.17) is 0 Å². The Labute approximate surface area is 198 Å². The predicted molar refractivity (Wildman–Crippen MR) is 117 cm³/mol. The normalized spacial score (nSPS) is 22.1. The fourth-order valence-corrected chi connectivity index (χ4v) is 5.08. The third-order valence-electron chi connectivity index (χ3n) is 7.02. The summed E-state index contributed by atoms with van der Waals surface area (Å²) in [5.41, 5.74) is 2.52. The number of carbonyl (C=O) groups excluding carboxylic acids is 2. The van der Waals surface area contributed by atoms with E-state index in [0.29, 0.717) is 25.2 Å². The van der Waals surface area contributed by atoms with Crippen LogP contribution in [0.2, 0.25) is 0 Å². The first-order valence-corrected chi connectivity index (χ1v) is 11.5. The number of fused-ring (bicyclic) bond motifs is 1. The topological polar surface area (TPSA) is 79.5 Å². The quantitative estimate of drug-likeness (QED) is 0.559. The molecule has 6 rings (SSSR count). The summed E-state index contributed by atoms with van der Waals surface area (Å²) in [7, 11) is 0. The summed E-state index contributed by atoms with van der Waals surface area (Å²) in [5.74, 6) is -1.65. The Morgan fingerprint density at radius 3 is 2.51 bits per heavy atom. The number of hydrogen-bond acceptors (Lipinski definition) is 5. The number of likely N-dealkylation sites (tertiary alicyclic amines) is 1. The van der Waals surface area contributed by atoms with Crippen molar-refractivity contribution in [1.82, 2.24) is 19.9 Å². The van der Waals surface area contributed by atoms with Crippen LogP contribution in [0.25, 0.3) is 11.4 Å². The molecule has 180 valence electrons. The van der Waals surface area contributed by atoms with Crippen LogP contribution >= 0.6 is 0 Å². The molecule has 10 heteroatoms. The zero-order chi connectivity index (χ0) is 24.3. The van der Waals surface area contributed by atoms with Crippen molar-refractivity contribution < 1.29 is 27.3 Å². The first-order valence-electron chi connectivity index (χ1n) is 11.5. The van der Waals surface area contributed by atoms with E-state index in [2.05, 4.69) is 14.7 Å². The van der Waals surface area contributed by atoms with Crippen LogP contribution in [0.5, 0.6) is 0 Å². The monoisotopic (exact) mass is 482 g/mol.